The van der Waals surface area contributed by atoms with Crippen molar-refractivity contribution in [1.82, 2.24) is 19.6 Å². The molecule has 9 nitrogen and oxygen atoms in total. The van der Waals surface area contributed by atoms with E-state index in [9.17, 15) is 13.6 Å². The molecule has 11 heteroatoms. The van der Waals surface area contributed by atoms with E-state index >= 15 is 0 Å². The Labute approximate surface area is 167 Å². The highest BCUT2D eigenvalue weighted by molar-refractivity contribution is 5.99. The SMILES string of the molecule is O=C1Nc2cc(Nc3nccn4nc(Nc5ccccc5)nc34)ccc2OC1(F)F. The van der Waals surface area contributed by atoms with Gasteiger partial charge in [-0.15, -0.1) is 5.10 Å². The number of ether oxygens (including phenoxy) is 1. The number of halogens is 2. The van der Waals surface area contributed by atoms with Gasteiger partial charge in [-0.05, 0) is 30.3 Å². The van der Waals surface area contributed by atoms with E-state index in [0.29, 0.717) is 23.1 Å². The van der Waals surface area contributed by atoms with E-state index in [4.69, 9.17) is 0 Å². The summed E-state index contributed by atoms with van der Waals surface area (Å²) < 4.78 is 32.7. The fourth-order valence-electron chi connectivity index (χ4n) is 2.92. The molecule has 0 saturated heterocycles. The normalized spacial score (nSPS) is 14.5. The highest BCUT2D eigenvalue weighted by Gasteiger charge is 2.46. The van der Waals surface area contributed by atoms with Crippen molar-refractivity contribution in [1.29, 1.82) is 0 Å². The van der Waals surface area contributed by atoms with Gasteiger partial charge in [0.1, 0.15) is 0 Å². The molecule has 0 fully saturated rings. The van der Waals surface area contributed by atoms with Crippen LogP contribution in [0.25, 0.3) is 5.65 Å². The Kier molecular flexibility index (Phi) is 3.95. The van der Waals surface area contributed by atoms with Gasteiger partial charge in [-0.2, -0.15) is 13.8 Å². The van der Waals surface area contributed by atoms with Gasteiger partial charge in [0.15, 0.2) is 11.6 Å². The smallest absolute Gasteiger partial charge is 0.423 e. The minimum atomic E-state index is -3.90. The van der Waals surface area contributed by atoms with E-state index in [1.165, 1.54) is 18.2 Å². The second-order valence-corrected chi connectivity index (χ2v) is 6.38. The number of rotatable bonds is 4. The first-order valence-corrected chi connectivity index (χ1v) is 8.81. The first-order chi connectivity index (χ1) is 14.5. The molecule has 1 aliphatic heterocycles. The fourth-order valence-corrected chi connectivity index (χ4v) is 2.92. The number of alkyl halides is 2. The van der Waals surface area contributed by atoms with Crippen molar-refractivity contribution >= 4 is 40.4 Å². The number of hydrogen-bond acceptors (Lipinski definition) is 7. The van der Waals surface area contributed by atoms with E-state index in [2.05, 4.69) is 35.8 Å². The zero-order valence-corrected chi connectivity index (χ0v) is 15.1. The Morgan fingerprint density at radius 1 is 1.07 bits per heavy atom. The van der Waals surface area contributed by atoms with Crippen LogP contribution in [0.1, 0.15) is 0 Å². The van der Waals surface area contributed by atoms with Crippen LogP contribution in [-0.4, -0.2) is 31.6 Å². The van der Waals surface area contributed by atoms with Gasteiger partial charge in [0.25, 0.3) is 0 Å². The number of benzene rings is 2. The Bertz CT molecular complexity index is 1260. The van der Waals surface area contributed by atoms with Crippen LogP contribution >= 0.6 is 0 Å². The number of fused-ring (bicyclic) bond motifs is 2. The quantitative estimate of drug-likeness (QED) is 0.473. The van der Waals surface area contributed by atoms with Gasteiger partial charge in [0.05, 0.1) is 5.69 Å². The lowest BCUT2D eigenvalue weighted by Crippen LogP contribution is -2.43. The Balaban J connectivity index is 1.43. The summed E-state index contributed by atoms with van der Waals surface area (Å²) in [6.07, 6.45) is -0.717. The maximum atomic E-state index is 13.4. The van der Waals surface area contributed by atoms with Crippen molar-refractivity contribution in [2.75, 3.05) is 16.0 Å². The molecule has 1 amide bonds. The number of anilines is 5. The third-order valence-corrected chi connectivity index (χ3v) is 4.28. The second-order valence-electron chi connectivity index (χ2n) is 6.38. The summed E-state index contributed by atoms with van der Waals surface area (Å²) in [5, 5.41) is 12.6. The third-order valence-electron chi connectivity index (χ3n) is 4.28. The average Bonchev–Trinajstić information content (AvgIpc) is 3.13. The van der Waals surface area contributed by atoms with Gasteiger partial charge < -0.3 is 20.7 Å². The molecule has 0 unspecified atom stereocenters. The van der Waals surface area contributed by atoms with Crippen LogP contribution in [0.5, 0.6) is 5.75 Å². The molecule has 3 N–H and O–H groups in total. The van der Waals surface area contributed by atoms with E-state index in [-0.39, 0.29) is 11.4 Å². The number of nitrogens with zero attached hydrogens (tertiary/aromatic N) is 4. The number of aromatic nitrogens is 4. The number of amides is 1. The first kappa shape index (κ1) is 17.8. The van der Waals surface area contributed by atoms with Gasteiger partial charge >= 0.3 is 12.0 Å². The highest BCUT2D eigenvalue weighted by Crippen LogP contribution is 2.37. The van der Waals surface area contributed by atoms with E-state index in [0.717, 1.165) is 5.69 Å². The standard InChI is InChI=1S/C19H13F2N7O2/c20-19(21)17(29)25-13-10-12(6-7-14(13)30-19)23-15-16-26-18(27-28(16)9-8-22-15)24-11-4-2-1-3-5-11/h1-10H,(H,22,23)(H,24,27)(H,25,29). The summed E-state index contributed by atoms with van der Waals surface area (Å²) in [5.74, 6) is -0.889. The van der Waals surface area contributed by atoms with Crippen LogP contribution in [0.4, 0.5) is 37.6 Å². The van der Waals surface area contributed by atoms with Gasteiger partial charge in [-0.1, -0.05) is 18.2 Å². The lowest BCUT2D eigenvalue weighted by Gasteiger charge is -2.25. The molecule has 0 spiro atoms. The van der Waals surface area contributed by atoms with Gasteiger partial charge in [0, 0.05) is 23.8 Å². The summed E-state index contributed by atoms with van der Waals surface area (Å²) in [4.78, 5) is 20.1. The van der Waals surface area contributed by atoms with Crippen molar-refractivity contribution in [2.45, 2.75) is 6.11 Å². The summed E-state index contributed by atoms with van der Waals surface area (Å²) in [6, 6.07) is 13.8. The molecule has 30 heavy (non-hydrogen) atoms. The lowest BCUT2D eigenvalue weighted by molar-refractivity contribution is -0.189. The van der Waals surface area contributed by atoms with Crippen LogP contribution in [0, 0.1) is 0 Å². The van der Waals surface area contributed by atoms with Crippen LogP contribution in [-0.2, 0) is 4.79 Å². The topological polar surface area (TPSA) is 105 Å². The Hall–Kier alpha value is -4.28. The molecular weight excluding hydrogens is 396 g/mol. The Morgan fingerprint density at radius 3 is 2.73 bits per heavy atom. The van der Waals surface area contributed by atoms with Gasteiger partial charge in [0.2, 0.25) is 11.6 Å². The van der Waals surface area contributed by atoms with Crippen molar-refractivity contribution in [3.05, 3.63) is 60.9 Å². The molecule has 2 aromatic carbocycles. The van der Waals surface area contributed by atoms with Crippen LogP contribution < -0.4 is 20.7 Å². The predicted octanol–water partition coefficient (Wildman–Crippen LogP) is 3.54. The third kappa shape index (κ3) is 3.21. The number of carbonyl (C=O) groups excluding carboxylic acids is 1. The number of para-hydroxylation sites is 1. The second kappa shape index (κ2) is 6.65. The van der Waals surface area contributed by atoms with Gasteiger partial charge in [-0.3, -0.25) is 4.79 Å². The van der Waals surface area contributed by atoms with Crippen molar-refractivity contribution in [2.24, 2.45) is 0 Å². The van der Waals surface area contributed by atoms with Gasteiger partial charge in [-0.25, -0.2) is 9.50 Å². The molecule has 0 radical (unpaired) electrons. The van der Waals surface area contributed by atoms with Crippen LogP contribution in [0.15, 0.2) is 60.9 Å². The molecule has 0 aliphatic carbocycles. The van der Waals surface area contributed by atoms with Crippen molar-refractivity contribution in [3.8, 4) is 5.75 Å². The molecule has 4 aromatic rings. The summed E-state index contributed by atoms with van der Waals surface area (Å²) in [6.45, 7) is 0. The molecule has 3 heterocycles. The minimum absolute atomic E-state index is 0.121. The molecule has 5 rings (SSSR count). The number of nitrogens with one attached hydrogen (secondary N) is 3. The predicted molar refractivity (Wildman–Crippen MR) is 104 cm³/mol. The largest absolute Gasteiger partial charge is 0.482 e. The van der Waals surface area contributed by atoms with E-state index in [1.807, 2.05) is 30.3 Å². The molecule has 150 valence electrons. The van der Waals surface area contributed by atoms with E-state index < -0.39 is 12.0 Å². The molecule has 0 atom stereocenters. The monoisotopic (exact) mass is 409 g/mol. The average molecular weight is 409 g/mol. The minimum Gasteiger partial charge on any atom is -0.423 e. The van der Waals surface area contributed by atoms with Crippen molar-refractivity contribution < 1.29 is 18.3 Å². The fraction of sp³-hybridized carbons (Fsp3) is 0.0526. The molecule has 2 aromatic heterocycles. The maximum Gasteiger partial charge on any atom is 0.482 e. The van der Waals surface area contributed by atoms with E-state index in [1.54, 1.807) is 16.9 Å². The van der Waals surface area contributed by atoms with Crippen molar-refractivity contribution in [3.63, 3.8) is 0 Å². The molecule has 0 saturated carbocycles. The molecule has 1 aliphatic rings. The van der Waals surface area contributed by atoms with Crippen LogP contribution in [0.3, 0.4) is 0 Å². The number of carbonyl (C=O) groups is 1. The summed E-state index contributed by atoms with van der Waals surface area (Å²) in [7, 11) is 0. The summed E-state index contributed by atoms with van der Waals surface area (Å²) in [5.41, 5.74) is 1.89. The zero-order valence-electron chi connectivity index (χ0n) is 15.1. The number of hydrogen-bond donors (Lipinski definition) is 3. The molecule has 0 bridgehead atoms. The summed E-state index contributed by atoms with van der Waals surface area (Å²) >= 11 is 0. The zero-order chi connectivity index (χ0) is 20.7. The molecular formula is C19H13F2N7O2. The van der Waals surface area contributed by atoms with Crippen LogP contribution in [0.2, 0.25) is 0 Å². The highest BCUT2D eigenvalue weighted by atomic mass is 19.3. The maximum absolute atomic E-state index is 13.4. The first-order valence-electron chi connectivity index (χ1n) is 8.81. The Morgan fingerprint density at radius 2 is 1.90 bits per heavy atom. The lowest BCUT2D eigenvalue weighted by atomic mass is 10.2.